The number of halogens is 2. The lowest BCUT2D eigenvalue weighted by atomic mass is 9.71. The molecular formula is C30H37F2N5O2. The second-order valence-electron chi connectivity index (χ2n) is 11.4. The number of aromatic nitrogens is 4. The van der Waals surface area contributed by atoms with Gasteiger partial charge in [-0.2, -0.15) is 0 Å². The maximum atomic E-state index is 16.3. The summed E-state index contributed by atoms with van der Waals surface area (Å²) in [5.41, 5.74) is 0.723. The Bertz CT molecular complexity index is 1300. The van der Waals surface area contributed by atoms with Crippen LogP contribution in [0.1, 0.15) is 65.7 Å². The number of benzene rings is 1. The molecule has 0 aliphatic heterocycles. The van der Waals surface area contributed by atoms with E-state index in [0.29, 0.717) is 22.9 Å². The van der Waals surface area contributed by atoms with Crippen LogP contribution in [0.2, 0.25) is 0 Å². The van der Waals surface area contributed by atoms with Crippen LogP contribution in [0.25, 0.3) is 22.5 Å². The quantitative estimate of drug-likeness (QED) is 0.357. The van der Waals surface area contributed by atoms with Crippen molar-refractivity contribution in [3.8, 4) is 34.1 Å². The molecule has 4 atom stereocenters. The van der Waals surface area contributed by atoms with Crippen molar-refractivity contribution in [2.24, 2.45) is 11.3 Å². The summed E-state index contributed by atoms with van der Waals surface area (Å²) in [6.07, 6.45) is 8.37. The highest BCUT2D eigenvalue weighted by Gasteiger charge is 2.46. The van der Waals surface area contributed by atoms with Gasteiger partial charge in [-0.15, -0.1) is 10.2 Å². The smallest absolute Gasteiger partial charge is 0.213 e. The number of anilines is 1. The molecule has 2 fully saturated rings. The molecule has 9 heteroatoms. The van der Waals surface area contributed by atoms with Gasteiger partial charge in [0.05, 0.1) is 31.1 Å². The van der Waals surface area contributed by atoms with Gasteiger partial charge in [-0.05, 0) is 55.7 Å². The van der Waals surface area contributed by atoms with Crippen molar-refractivity contribution in [2.75, 3.05) is 12.0 Å². The minimum absolute atomic E-state index is 0.104. The first-order chi connectivity index (χ1) is 18.7. The average molecular weight is 538 g/mol. The first-order valence-electron chi connectivity index (χ1n) is 13.9. The van der Waals surface area contributed by atoms with Gasteiger partial charge in [-0.1, -0.05) is 39.7 Å². The minimum Gasteiger partial charge on any atom is -0.507 e. The van der Waals surface area contributed by atoms with Crippen molar-refractivity contribution >= 4 is 5.82 Å². The van der Waals surface area contributed by atoms with E-state index >= 15 is 4.39 Å². The molecule has 0 saturated heterocycles. The fraction of sp³-hybridized carbons (Fsp3) is 0.533. The molecule has 1 aromatic carbocycles. The van der Waals surface area contributed by atoms with Gasteiger partial charge in [-0.3, -0.25) is 0 Å². The predicted octanol–water partition coefficient (Wildman–Crippen LogP) is 6.76. The lowest BCUT2D eigenvalue weighted by molar-refractivity contribution is 0.0577. The molecule has 0 amide bonds. The van der Waals surface area contributed by atoms with Crippen molar-refractivity contribution in [1.82, 2.24) is 20.2 Å². The number of alkyl halides is 1. The number of hydrogen-bond acceptors (Lipinski definition) is 7. The molecule has 1 N–H and O–H groups in total. The Hall–Kier alpha value is -3.36. The van der Waals surface area contributed by atoms with Crippen molar-refractivity contribution in [1.29, 1.82) is 0 Å². The van der Waals surface area contributed by atoms with Gasteiger partial charge in [0.15, 0.2) is 11.6 Å². The van der Waals surface area contributed by atoms with E-state index in [0.717, 1.165) is 51.1 Å². The Labute approximate surface area is 228 Å². The number of ether oxygens (including phenoxy) is 1. The maximum absolute atomic E-state index is 16.3. The lowest BCUT2D eigenvalue weighted by Gasteiger charge is -2.45. The van der Waals surface area contributed by atoms with Gasteiger partial charge in [0.2, 0.25) is 5.88 Å². The molecule has 3 aromatic rings. The Morgan fingerprint density at radius 2 is 1.90 bits per heavy atom. The number of phenolic OH excluding ortho intramolecular Hbond substituents is 1. The highest BCUT2D eigenvalue weighted by Crippen LogP contribution is 2.45. The van der Waals surface area contributed by atoms with Crippen LogP contribution in [0.3, 0.4) is 0 Å². The second kappa shape index (κ2) is 11.0. The van der Waals surface area contributed by atoms with E-state index in [1.54, 1.807) is 18.3 Å². The van der Waals surface area contributed by atoms with Crippen LogP contribution in [-0.4, -0.2) is 50.6 Å². The predicted molar refractivity (Wildman–Crippen MR) is 147 cm³/mol. The van der Waals surface area contributed by atoms with Crippen LogP contribution in [0.5, 0.6) is 11.6 Å². The summed E-state index contributed by atoms with van der Waals surface area (Å²) >= 11 is 0. The van der Waals surface area contributed by atoms with Gasteiger partial charge in [-0.25, -0.2) is 18.7 Å². The van der Waals surface area contributed by atoms with Crippen LogP contribution in [0, 0.1) is 17.2 Å². The maximum Gasteiger partial charge on any atom is 0.213 e. The largest absolute Gasteiger partial charge is 0.507 e. The molecule has 2 saturated carbocycles. The first kappa shape index (κ1) is 27.2. The summed E-state index contributed by atoms with van der Waals surface area (Å²) in [5, 5.41) is 19.6. The summed E-state index contributed by atoms with van der Waals surface area (Å²) in [6, 6.07) is 6.20. The third kappa shape index (κ3) is 5.54. The zero-order valence-corrected chi connectivity index (χ0v) is 23.1. The number of rotatable bonds is 7. The van der Waals surface area contributed by atoms with E-state index in [1.165, 1.54) is 19.2 Å². The molecule has 208 valence electrons. The van der Waals surface area contributed by atoms with Crippen molar-refractivity contribution < 1.29 is 18.6 Å². The molecule has 5 rings (SSSR count). The van der Waals surface area contributed by atoms with Crippen molar-refractivity contribution in [3.05, 3.63) is 42.5 Å². The van der Waals surface area contributed by atoms with E-state index in [9.17, 15) is 9.50 Å². The molecule has 1 unspecified atom stereocenters. The topological polar surface area (TPSA) is 84.3 Å². The summed E-state index contributed by atoms with van der Waals surface area (Å²) in [6.45, 7) is 6.38. The fourth-order valence-corrected chi connectivity index (χ4v) is 5.86. The molecule has 2 aromatic heterocycles. The average Bonchev–Trinajstić information content (AvgIpc) is 3.77. The van der Waals surface area contributed by atoms with E-state index in [-0.39, 0.29) is 40.5 Å². The molecule has 39 heavy (non-hydrogen) atoms. The number of hydrogen-bond donors (Lipinski definition) is 1. The Morgan fingerprint density at radius 1 is 1.10 bits per heavy atom. The molecule has 7 nitrogen and oxygen atoms in total. The monoisotopic (exact) mass is 537 g/mol. The number of pyridine rings is 1. The molecule has 2 aliphatic rings. The van der Waals surface area contributed by atoms with Crippen LogP contribution < -0.4 is 9.64 Å². The first-order valence-corrected chi connectivity index (χ1v) is 13.9. The molecule has 2 aliphatic carbocycles. The summed E-state index contributed by atoms with van der Waals surface area (Å²) < 4.78 is 35.8. The van der Waals surface area contributed by atoms with Gasteiger partial charge >= 0.3 is 0 Å². The Balaban J connectivity index is 1.43. The normalized spacial score (nSPS) is 25.5. The van der Waals surface area contributed by atoms with Crippen LogP contribution >= 0.6 is 0 Å². The SMILES string of the molecule is CC[C@]1(C)CCCC(C)C[C@H](N(c2cnc(-c3ccc(-c4cc(OC)ncc4F)cc3O)nn2)C2CC2)[C@@H]1F. The third-order valence-electron chi connectivity index (χ3n) is 8.60. The molecule has 0 bridgehead atoms. The van der Waals surface area contributed by atoms with E-state index in [1.807, 2.05) is 0 Å². The Morgan fingerprint density at radius 3 is 2.54 bits per heavy atom. The minimum atomic E-state index is -0.976. The fourth-order valence-electron chi connectivity index (χ4n) is 5.86. The van der Waals surface area contributed by atoms with E-state index in [2.05, 4.69) is 45.8 Å². The third-order valence-corrected chi connectivity index (χ3v) is 8.60. The van der Waals surface area contributed by atoms with Gasteiger partial charge in [0, 0.05) is 23.1 Å². The lowest BCUT2D eigenvalue weighted by Crippen LogP contribution is -2.51. The van der Waals surface area contributed by atoms with E-state index in [4.69, 9.17) is 4.74 Å². The molecule has 0 radical (unpaired) electrons. The zero-order chi connectivity index (χ0) is 27.7. The highest BCUT2D eigenvalue weighted by atomic mass is 19.1. The molecular weight excluding hydrogens is 500 g/mol. The summed E-state index contributed by atoms with van der Waals surface area (Å²) in [5.74, 6) is 0.880. The van der Waals surface area contributed by atoms with E-state index < -0.39 is 12.0 Å². The number of methoxy groups -OCH3 is 1. The number of phenols is 1. The molecule has 0 spiro atoms. The highest BCUT2D eigenvalue weighted by molar-refractivity contribution is 5.73. The zero-order valence-electron chi connectivity index (χ0n) is 23.1. The number of nitrogens with zero attached hydrogens (tertiary/aromatic N) is 5. The molecule has 2 heterocycles. The van der Waals surface area contributed by atoms with Gasteiger partial charge in [0.25, 0.3) is 0 Å². The van der Waals surface area contributed by atoms with Crippen LogP contribution in [-0.2, 0) is 0 Å². The Kier molecular flexibility index (Phi) is 7.69. The van der Waals surface area contributed by atoms with Crippen LogP contribution in [0.4, 0.5) is 14.6 Å². The number of aromatic hydroxyl groups is 1. The van der Waals surface area contributed by atoms with Crippen molar-refractivity contribution in [3.63, 3.8) is 0 Å². The van der Waals surface area contributed by atoms with Gasteiger partial charge in [0.1, 0.15) is 17.7 Å². The summed E-state index contributed by atoms with van der Waals surface area (Å²) in [7, 11) is 1.46. The van der Waals surface area contributed by atoms with Crippen molar-refractivity contribution in [2.45, 2.75) is 84.0 Å². The van der Waals surface area contributed by atoms with Gasteiger partial charge < -0.3 is 14.7 Å². The second-order valence-corrected chi connectivity index (χ2v) is 11.4. The summed E-state index contributed by atoms with van der Waals surface area (Å²) in [4.78, 5) is 10.5. The standard InChI is InChI=1S/C30H37F2N5O2/c1-5-30(3)12-6-7-18(2)13-24(28(30)32)37(20-9-10-20)26-17-34-29(36-35-26)21-11-8-19(14-25(21)38)22-15-27(39-4)33-16-23(22)31/h8,11,14-18,20,24,28,38H,5-7,9-10,12-13H2,1-4H3/t18?,24-,28-,30+/m0/s1. The van der Waals surface area contributed by atoms with Crippen LogP contribution in [0.15, 0.2) is 36.7 Å².